The smallest absolute Gasteiger partial charge is 0.240 e. The number of benzene rings is 2. The highest BCUT2D eigenvalue weighted by Gasteiger charge is 2.37. The van der Waals surface area contributed by atoms with Crippen LogP contribution in [0.4, 0.5) is 5.82 Å². The molecule has 2 heterocycles. The molecule has 4 rings (SSSR count). The number of carbonyl (C=O) groups is 2. The van der Waals surface area contributed by atoms with Crippen LogP contribution in [0.15, 0.2) is 48.5 Å². The number of fused-ring (bicyclic) bond motifs is 1. The van der Waals surface area contributed by atoms with E-state index in [0.717, 1.165) is 28.8 Å². The molecule has 1 N–H and O–H groups in total. The van der Waals surface area contributed by atoms with Crippen LogP contribution in [-0.2, 0) is 16.6 Å². The van der Waals surface area contributed by atoms with Gasteiger partial charge in [0.2, 0.25) is 11.8 Å². The Labute approximate surface area is 216 Å². The van der Waals surface area contributed by atoms with Crippen molar-refractivity contribution < 1.29 is 19.1 Å². The number of nitrogens with one attached hydrogen (secondary N) is 1. The van der Waals surface area contributed by atoms with E-state index in [4.69, 9.17) is 14.6 Å². The van der Waals surface area contributed by atoms with Crippen LogP contribution in [0.1, 0.15) is 36.6 Å². The van der Waals surface area contributed by atoms with Crippen LogP contribution >= 0.6 is 11.8 Å². The molecule has 2 amide bonds. The van der Waals surface area contributed by atoms with Crippen molar-refractivity contribution in [3.05, 3.63) is 59.7 Å². The monoisotopic (exact) mass is 508 g/mol. The average Bonchev–Trinajstić information content (AvgIpc) is 3.16. The third kappa shape index (κ3) is 5.06. The Kier molecular flexibility index (Phi) is 7.88. The fraction of sp³-hybridized carbons (Fsp3) is 0.370. The first-order valence-corrected chi connectivity index (χ1v) is 13.0. The zero-order chi connectivity index (χ0) is 25.8. The predicted molar refractivity (Wildman–Crippen MR) is 143 cm³/mol. The quantitative estimate of drug-likeness (QED) is 0.491. The molecule has 0 radical (unpaired) electrons. The van der Waals surface area contributed by atoms with Crippen LogP contribution < -0.4 is 19.7 Å². The molecular weight excluding hydrogens is 476 g/mol. The number of carbonyl (C=O) groups excluding carboxylic acids is 2. The molecule has 0 fully saturated rings. The largest absolute Gasteiger partial charge is 0.497 e. The molecule has 0 saturated carbocycles. The molecule has 190 valence electrons. The van der Waals surface area contributed by atoms with Crippen molar-refractivity contribution in [1.82, 2.24) is 15.1 Å². The van der Waals surface area contributed by atoms with Gasteiger partial charge in [-0.05, 0) is 31.5 Å². The number of hydrogen-bond acceptors (Lipinski definition) is 6. The first-order chi connectivity index (χ1) is 17.4. The minimum atomic E-state index is -0.277. The van der Waals surface area contributed by atoms with Gasteiger partial charge in [0.05, 0.1) is 30.9 Å². The third-order valence-electron chi connectivity index (χ3n) is 6.33. The molecule has 2 aromatic carbocycles. The van der Waals surface area contributed by atoms with Crippen LogP contribution in [0, 0.1) is 0 Å². The number of thioether (sulfide) groups is 1. The van der Waals surface area contributed by atoms with E-state index in [9.17, 15) is 9.59 Å². The van der Waals surface area contributed by atoms with Crippen LogP contribution in [-0.4, -0.2) is 54.2 Å². The summed E-state index contributed by atoms with van der Waals surface area (Å²) in [5, 5.41) is 7.55. The molecule has 36 heavy (non-hydrogen) atoms. The van der Waals surface area contributed by atoms with Gasteiger partial charge in [-0.15, -0.1) is 11.8 Å². The number of ether oxygens (including phenoxy) is 2. The Balaban J connectivity index is 1.91. The molecule has 8 nitrogen and oxygen atoms in total. The van der Waals surface area contributed by atoms with Gasteiger partial charge in [0, 0.05) is 29.8 Å². The Hall–Kier alpha value is -3.46. The summed E-state index contributed by atoms with van der Waals surface area (Å²) in [5.74, 6) is 1.85. The molecule has 1 aliphatic heterocycles. The number of rotatable bonds is 8. The lowest BCUT2D eigenvalue weighted by atomic mass is 9.98. The molecule has 0 saturated heterocycles. The molecule has 9 heteroatoms. The van der Waals surface area contributed by atoms with Crippen molar-refractivity contribution in [3.8, 4) is 22.8 Å². The molecule has 0 spiro atoms. The zero-order valence-corrected chi connectivity index (χ0v) is 22.1. The fourth-order valence-electron chi connectivity index (χ4n) is 4.36. The van der Waals surface area contributed by atoms with E-state index in [1.807, 2.05) is 69.4 Å². The van der Waals surface area contributed by atoms with Crippen molar-refractivity contribution >= 4 is 29.4 Å². The molecule has 2 atom stereocenters. The van der Waals surface area contributed by atoms with Crippen molar-refractivity contribution in [2.24, 2.45) is 7.05 Å². The molecule has 1 aliphatic rings. The molecule has 0 aliphatic carbocycles. The number of aromatic nitrogens is 2. The van der Waals surface area contributed by atoms with Gasteiger partial charge < -0.3 is 14.8 Å². The molecule has 0 bridgehead atoms. The van der Waals surface area contributed by atoms with Crippen molar-refractivity contribution in [3.63, 3.8) is 0 Å². The SMILES string of the molecule is CC[C@H](C)NC(=O)CN1C(=O)CS[C@@H](c2cc(OC)ccc2OC)c2c(-c3ccccc3)nn(C)c21. The summed E-state index contributed by atoms with van der Waals surface area (Å²) in [6, 6.07) is 15.6. The second kappa shape index (κ2) is 11.1. The van der Waals surface area contributed by atoms with E-state index in [-0.39, 0.29) is 35.4 Å². The van der Waals surface area contributed by atoms with Gasteiger partial charge in [0.1, 0.15) is 23.9 Å². The predicted octanol–water partition coefficient (Wildman–Crippen LogP) is 4.19. The maximum absolute atomic E-state index is 13.4. The first-order valence-electron chi connectivity index (χ1n) is 11.9. The fourth-order valence-corrected chi connectivity index (χ4v) is 5.57. The molecule has 3 aromatic rings. The second-order valence-corrected chi connectivity index (χ2v) is 9.82. The average molecular weight is 509 g/mol. The number of anilines is 1. The highest BCUT2D eigenvalue weighted by molar-refractivity contribution is 8.00. The van der Waals surface area contributed by atoms with Gasteiger partial charge in [-0.1, -0.05) is 37.3 Å². The minimum Gasteiger partial charge on any atom is -0.497 e. The van der Waals surface area contributed by atoms with Gasteiger partial charge >= 0.3 is 0 Å². The lowest BCUT2D eigenvalue weighted by molar-refractivity contribution is -0.123. The number of aryl methyl sites for hydroxylation is 1. The summed E-state index contributed by atoms with van der Waals surface area (Å²) in [5.41, 5.74) is 3.44. The summed E-state index contributed by atoms with van der Waals surface area (Å²) in [4.78, 5) is 27.9. The second-order valence-electron chi connectivity index (χ2n) is 8.73. The van der Waals surface area contributed by atoms with Gasteiger partial charge in [0.25, 0.3) is 0 Å². The summed E-state index contributed by atoms with van der Waals surface area (Å²) in [7, 11) is 5.07. The summed E-state index contributed by atoms with van der Waals surface area (Å²) >= 11 is 1.50. The summed E-state index contributed by atoms with van der Waals surface area (Å²) in [6.07, 6.45) is 0.808. The van der Waals surface area contributed by atoms with Crippen LogP contribution in [0.3, 0.4) is 0 Å². The Bertz CT molecular complexity index is 1240. The van der Waals surface area contributed by atoms with Gasteiger partial charge in [-0.3, -0.25) is 19.2 Å². The van der Waals surface area contributed by atoms with E-state index in [2.05, 4.69) is 5.32 Å². The van der Waals surface area contributed by atoms with E-state index in [1.54, 1.807) is 23.8 Å². The molecule has 1 aromatic heterocycles. The van der Waals surface area contributed by atoms with E-state index in [0.29, 0.717) is 17.3 Å². The Morgan fingerprint density at radius 2 is 1.94 bits per heavy atom. The number of nitrogens with zero attached hydrogens (tertiary/aromatic N) is 3. The maximum Gasteiger partial charge on any atom is 0.240 e. The summed E-state index contributed by atoms with van der Waals surface area (Å²) in [6.45, 7) is 3.88. The number of hydrogen-bond donors (Lipinski definition) is 1. The standard InChI is InChI=1S/C27H32N4O4S/c1-6-17(2)28-22(32)15-31-23(33)16-36-26(20-14-19(34-4)12-13-21(20)35-5)24-25(29-30(3)27(24)31)18-10-8-7-9-11-18/h7-14,17,26H,6,15-16H2,1-5H3,(H,28,32)/t17-,26-/m0/s1. The highest BCUT2D eigenvalue weighted by atomic mass is 32.2. The topological polar surface area (TPSA) is 85.7 Å². The lowest BCUT2D eigenvalue weighted by Gasteiger charge is -2.23. The third-order valence-corrected chi connectivity index (χ3v) is 7.57. The molecule has 0 unspecified atom stereocenters. The number of amides is 2. The van der Waals surface area contributed by atoms with Gasteiger partial charge in [-0.25, -0.2) is 0 Å². The zero-order valence-electron chi connectivity index (χ0n) is 21.3. The Morgan fingerprint density at radius 3 is 2.61 bits per heavy atom. The van der Waals surface area contributed by atoms with Gasteiger partial charge in [-0.2, -0.15) is 5.10 Å². The van der Waals surface area contributed by atoms with Gasteiger partial charge in [0.15, 0.2) is 0 Å². The molecular formula is C27H32N4O4S. The van der Waals surface area contributed by atoms with E-state index >= 15 is 0 Å². The van der Waals surface area contributed by atoms with Crippen LogP contribution in [0.5, 0.6) is 11.5 Å². The normalized spacial score (nSPS) is 16.2. The van der Waals surface area contributed by atoms with E-state index < -0.39 is 0 Å². The van der Waals surface area contributed by atoms with E-state index in [1.165, 1.54) is 11.8 Å². The van der Waals surface area contributed by atoms with Crippen molar-refractivity contribution in [2.75, 3.05) is 31.4 Å². The van der Waals surface area contributed by atoms with Crippen LogP contribution in [0.25, 0.3) is 11.3 Å². The van der Waals surface area contributed by atoms with Crippen LogP contribution in [0.2, 0.25) is 0 Å². The number of methoxy groups -OCH3 is 2. The first kappa shape index (κ1) is 25.6. The summed E-state index contributed by atoms with van der Waals surface area (Å²) < 4.78 is 12.9. The maximum atomic E-state index is 13.4. The minimum absolute atomic E-state index is 0.0219. The lowest BCUT2D eigenvalue weighted by Crippen LogP contribution is -2.44. The van der Waals surface area contributed by atoms with Crippen molar-refractivity contribution in [1.29, 1.82) is 0 Å². The Morgan fingerprint density at radius 1 is 1.19 bits per heavy atom. The highest BCUT2D eigenvalue weighted by Crippen LogP contribution is 2.50. The van der Waals surface area contributed by atoms with Crippen molar-refractivity contribution in [2.45, 2.75) is 31.6 Å².